The number of alkyl halides is 1. The Morgan fingerprint density at radius 1 is 1.04 bits per heavy atom. The molecule has 1 aliphatic rings. The van der Waals surface area contributed by atoms with Crippen molar-refractivity contribution in [2.45, 2.75) is 5.88 Å². The Morgan fingerprint density at radius 2 is 1.70 bits per heavy atom. The molecule has 124 valence electrons. The summed E-state index contributed by atoms with van der Waals surface area (Å²) in [5.41, 5.74) is 3.55. The Labute approximate surface area is 147 Å². The van der Waals surface area contributed by atoms with E-state index in [1.807, 2.05) is 6.07 Å². The van der Waals surface area contributed by atoms with Crippen molar-refractivity contribution in [2.75, 3.05) is 38.1 Å². The molecule has 0 atom stereocenters. The number of anilines is 1. The van der Waals surface area contributed by atoms with E-state index in [0.29, 0.717) is 5.56 Å². The number of H-pyrrole nitrogens is 1. The second kappa shape index (κ2) is 7.86. The standard InChI is InChI=1S/C17H20ClN3O.ClH/c1-20-8-10-21(11-9-20)15-5-2-13(3-6-15)16-7-4-14(12-18)17(22)19-16;/h2-7H,8-12H2,1H3,(H,19,22);1H. The smallest absolute Gasteiger partial charge is 0.252 e. The van der Waals surface area contributed by atoms with Gasteiger partial charge in [0, 0.05) is 43.1 Å². The number of nitrogens with zero attached hydrogens (tertiary/aromatic N) is 2. The van der Waals surface area contributed by atoms with Gasteiger partial charge in [-0.2, -0.15) is 0 Å². The van der Waals surface area contributed by atoms with Gasteiger partial charge in [0.25, 0.3) is 5.56 Å². The van der Waals surface area contributed by atoms with Gasteiger partial charge in [-0.1, -0.05) is 18.2 Å². The number of aromatic amines is 1. The van der Waals surface area contributed by atoms with Gasteiger partial charge in [0.2, 0.25) is 0 Å². The van der Waals surface area contributed by atoms with Crippen LogP contribution in [-0.4, -0.2) is 43.1 Å². The number of aromatic nitrogens is 1. The molecule has 0 spiro atoms. The van der Waals surface area contributed by atoms with Crippen molar-refractivity contribution >= 4 is 29.7 Å². The normalized spacial score (nSPS) is 15.3. The molecule has 23 heavy (non-hydrogen) atoms. The molecular formula is C17H21Cl2N3O. The minimum Gasteiger partial charge on any atom is -0.369 e. The van der Waals surface area contributed by atoms with Crippen molar-refractivity contribution in [3.05, 3.63) is 52.3 Å². The monoisotopic (exact) mass is 353 g/mol. The van der Waals surface area contributed by atoms with E-state index in [1.54, 1.807) is 6.07 Å². The minimum atomic E-state index is -0.115. The first-order valence-electron chi connectivity index (χ1n) is 7.49. The fraction of sp³-hybridized carbons (Fsp3) is 0.353. The Bertz CT molecular complexity index is 692. The molecule has 1 aliphatic heterocycles. The van der Waals surface area contributed by atoms with Crippen LogP contribution < -0.4 is 10.5 Å². The van der Waals surface area contributed by atoms with Gasteiger partial charge in [-0.05, 0) is 30.8 Å². The maximum atomic E-state index is 11.8. The highest BCUT2D eigenvalue weighted by atomic mass is 35.5. The average molecular weight is 354 g/mol. The second-order valence-corrected chi connectivity index (χ2v) is 5.96. The molecule has 1 N–H and O–H groups in total. The third-order valence-electron chi connectivity index (χ3n) is 4.18. The molecule has 1 aromatic carbocycles. The van der Waals surface area contributed by atoms with Crippen LogP contribution in [0.2, 0.25) is 0 Å². The van der Waals surface area contributed by atoms with E-state index >= 15 is 0 Å². The number of nitrogens with one attached hydrogen (secondary N) is 1. The first kappa shape index (κ1) is 17.9. The Kier molecular flexibility index (Phi) is 6.10. The number of pyridine rings is 1. The fourth-order valence-electron chi connectivity index (χ4n) is 2.69. The van der Waals surface area contributed by atoms with Crippen LogP contribution in [0, 0.1) is 0 Å². The summed E-state index contributed by atoms with van der Waals surface area (Å²) in [5.74, 6) is 0.234. The number of hydrogen-bond donors (Lipinski definition) is 1. The number of likely N-dealkylation sites (N-methyl/N-ethyl adjacent to an activating group) is 1. The van der Waals surface area contributed by atoms with E-state index in [2.05, 4.69) is 46.1 Å². The lowest BCUT2D eigenvalue weighted by Crippen LogP contribution is -2.44. The zero-order valence-corrected chi connectivity index (χ0v) is 14.7. The second-order valence-electron chi connectivity index (χ2n) is 5.70. The number of piperazine rings is 1. The quantitative estimate of drug-likeness (QED) is 0.862. The van der Waals surface area contributed by atoms with E-state index in [1.165, 1.54) is 5.69 Å². The van der Waals surface area contributed by atoms with Crippen LogP contribution in [0.15, 0.2) is 41.2 Å². The predicted molar refractivity (Wildman–Crippen MR) is 99.0 cm³/mol. The van der Waals surface area contributed by atoms with Crippen LogP contribution in [0.25, 0.3) is 11.3 Å². The molecule has 1 fully saturated rings. The summed E-state index contributed by atoms with van der Waals surface area (Å²) in [5, 5.41) is 0. The van der Waals surface area contributed by atoms with Crippen LogP contribution in [0.5, 0.6) is 0 Å². The van der Waals surface area contributed by atoms with Crippen molar-refractivity contribution in [3.8, 4) is 11.3 Å². The number of halogens is 2. The van der Waals surface area contributed by atoms with Crippen LogP contribution in [0.1, 0.15) is 5.56 Å². The van der Waals surface area contributed by atoms with Crippen molar-refractivity contribution in [1.82, 2.24) is 9.88 Å². The molecule has 0 bridgehead atoms. The topological polar surface area (TPSA) is 39.3 Å². The van der Waals surface area contributed by atoms with Gasteiger partial charge in [0.15, 0.2) is 0 Å². The van der Waals surface area contributed by atoms with Gasteiger partial charge < -0.3 is 14.8 Å². The lowest BCUT2D eigenvalue weighted by Gasteiger charge is -2.34. The third-order valence-corrected chi connectivity index (χ3v) is 4.47. The largest absolute Gasteiger partial charge is 0.369 e. The third kappa shape index (κ3) is 4.08. The lowest BCUT2D eigenvalue weighted by molar-refractivity contribution is 0.313. The van der Waals surface area contributed by atoms with Gasteiger partial charge in [0.1, 0.15) is 0 Å². The Morgan fingerprint density at radius 3 is 2.26 bits per heavy atom. The molecule has 4 nitrogen and oxygen atoms in total. The highest BCUT2D eigenvalue weighted by Crippen LogP contribution is 2.22. The maximum Gasteiger partial charge on any atom is 0.252 e. The number of rotatable bonds is 3. The molecule has 3 rings (SSSR count). The minimum absolute atomic E-state index is 0. The summed E-state index contributed by atoms with van der Waals surface area (Å²) in [6.45, 7) is 4.29. The summed E-state index contributed by atoms with van der Waals surface area (Å²) in [6, 6.07) is 12.0. The van der Waals surface area contributed by atoms with Gasteiger partial charge in [-0.3, -0.25) is 4.79 Å². The summed E-state index contributed by atoms with van der Waals surface area (Å²) in [6.07, 6.45) is 0. The first-order valence-corrected chi connectivity index (χ1v) is 8.03. The van der Waals surface area contributed by atoms with Gasteiger partial charge >= 0.3 is 0 Å². The van der Waals surface area contributed by atoms with E-state index in [4.69, 9.17) is 11.6 Å². The lowest BCUT2D eigenvalue weighted by atomic mass is 10.1. The molecule has 1 aromatic heterocycles. The molecule has 0 amide bonds. The molecular weight excluding hydrogens is 333 g/mol. The van der Waals surface area contributed by atoms with E-state index in [0.717, 1.165) is 37.4 Å². The van der Waals surface area contributed by atoms with E-state index in [-0.39, 0.29) is 23.8 Å². The molecule has 2 heterocycles. The highest BCUT2D eigenvalue weighted by Gasteiger charge is 2.14. The van der Waals surface area contributed by atoms with E-state index < -0.39 is 0 Å². The van der Waals surface area contributed by atoms with Crippen LogP contribution in [-0.2, 0) is 5.88 Å². The van der Waals surface area contributed by atoms with Crippen LogP contribution >= 0.6 is 24.0 Å². The zero-order chi connectivity index (χ0) is 15.5. The number of benzene rings is 1. The SMILES string of the molecule is CN1CCN(c2ccc(-c3ccc(CCl)c(=O)[nH]3)cc2)CC1.Cl. The average Bonchev–Trinajstić information content (AvgIpc) is 2.56. The van der Waals surface area contributed by atoms with Crippen LogP contribution in [0.4, 0.5) is 5.69 Å². The van der Waals surface area contributed by atoms with Crippen molar-refractivity contribution in [3.63, 3.8) is 0 Å². The summed E-state index contributed by atoms with van der Waals surface area (Å²) < 4.78 is 0. The van der Waals surface area contributed by atoms with Crippen molar-refractivity contribution in [1.29, 1.82) is 0 Å². The molecule has 0 saturated carbocycles. The zero-order valence-electron chi connectivity index (χ0n) is 13.1. The van der Waals surface area contributed by atoms with E-state index in [9.17, 15) is 4.79 Å². The van der Waals surface area contributed by atoms with Crippen LogP contribution in [0.3, 0.4) is 0 Å². The summed E-state index contributed by atoms with van der Waals surface area (Å²) >= 11 is 5.72. The molecule has 6 heteroatoms. The maximum absolute atomic E-state index is 11.8. The summed E-state index contributed by atoms with van der Waals surface area (Å²) in [7, 11) is 2.15. The van der Waals surface area contributed by atoms with Gasteiger partial charge in [-0.15, -0.1) is 24.0 Å². The molecule has 0 unspecified atom stereocenters. The predicted octanol–water partition coefficient (Wildman–Crippen LogP) is 2.95. The molecule has 1 saturated heterocycles. The van der Waals surface area contributed by atoms with Gasteiger partial charge in [0.05, 0.1) is 5.88 Å². The number of hydrogen-bond acceptors (Lipinski definition) is 3. The van der Waals surface area contributed by atoms with Gasteiger partial charge in [-0.25, -0.2) is 0 Å². The molecule has 0 radical (unpaired) electrons. The first-order chi connectivity index (χ1) is 10.7. The molecule has 2 aromatic rings. The molecule has 0 aliphatic carbocycles. The van der Waals surface area contributed by atoms with Crippen molar-refractivity contribution in [2.24, 2.45) is 0 Å². The Hall–Kier alpha value is -1.49. The van der Waals surface area contributed by atoms with Crippen molar-refractivity contribution < 1.29 is 0 Å². The fourth-order valence-corrected chi connectivity index (χ4v) is 2.90. The summed E-state index contributed by atoms with van der Waals surface area (Å²) in [4.78, 5) is 19.5. The highest BCUT2D eigenvalue weighted by molar-refractivity contribution is 6.17. The Balaban J connectivity index is 0.00000192.